The minimum atomic E-state index is -3.47. The number of thiazole rings is 1. The first-order chi connectivity index (χ1) is 17.5. The molecule has 0 radical (unpaired) electrons. The number of carbonyl (C=O) groups excluding carboxylic acids is 1. The molecule has 1 fully saturated rings. The third-order valence-corrected chi connectivity index (χ3v) is 10.5. The van der Waals surface area contributed by atoms with Gasteiger partial charge in [-0.15, -0.1) is 11.3 Å². The molecule has 0 aliphatic heterocycles. The number of nitrogens with one attached hydrogen (secondary N) is 1. The highest BCUT2D eigenvalue weighted by atomic mass is 32.2. The summed E-state index contributed by atoms with van der Waals surface area (Å²) >= 11 is 1.17. The van der Waals surface area contributed by atoms with E-state index in [1.54, 1.807) is 31.4 Å². The van der Waals surface area contributed by atoms with Gasteiger partial charge in [-0.2, -0.15) is 0 Å². The van der Waals surface area contributed by atoms with Gasteiger partial charge in [0.05, 0.1) is 35.9 Å². The van der Waals surface area contributed by atoms with Crippen LogP contribution in [0.15, 0.2) is 34.5 Å². The van der Waals surface area contributed by atoms with E-state index < -0.39 is 29.5 Å². The van der Waals surface area contributed by atoms with Crippen LogP contribution >= 0.6 is 18.9 Å². The first kappa shape index (κ1) is 29.9. The van der Waals surface area contributed by atoms with E-state index in [9.17, 15) is 22.9 Å². The molecule has 1 aromatic carbocycles. The van der Waals surface area contributed by atoms with Crippen LogP contribution < -0.4 is 5.32 Å². The van der Waals surface area contributed by atoms with E-state index in [1.807, 2.05) is 0 Å². The largest absolute Gasteiger partial charge is 0.386 e. The van der Waals surface area contributed by atoms with E-state index in [0.717, 1.165) is 18.2 Å². The fourth-order valence-corrected chi connectivity index (χ4v) is 7.70. The predicted octanol–water partition coefficient (Wildman–Crippen LogP) is 5.54. The molecule has 12 heteroatoms. The topological polar surface area (TPSA) is 132 Å². The molecule has 1 amide bonds. The minimum Gasteiger partial charge on any atom is -0.386 e. The molecule has 1 unspecified atom stereocenters. The zero-order chi connectivity index (χ0) is 27.1. The number of hydrogen-bond donors (Lipinski definition) is 2. The summed E-state index contributed by atoms with van der Waals surface area (Å²) in [6.45, 7) is 3.78. The van der Waals surface area contributed by atoms with E-state index in [0.29, 0.717) is 17.5 Å². The third-order valence-electron chi connectivity index (χ3n) is 6.51. The fraction of sp³-hybridized carbons (Fsp3) is 0.600. The van der Waals surface area contributed by atoms with Crippen molar-refractivity contribution in [2.45, 2.75) is 69.3 Å². The Labute approximate surface area is 223 Å². The number of anilines is 1. The maximum absolute atomic E-state index is 13.4. The van der Waals surface area contributed by atoms with Gasteiger partial charge in [0, 0.05) is 11.6 Å². The molecule has 0 bridgehead atoms. The summed E-state index contributed by atoms with van der Waals surface area (Å²) < 4.78 is 47.0. The second-order valence-electron chi connectivity index (χ2n) is 9.33. The Balaban J connectivity index is 1.73. The molecule has 2 aromatic rings. The predicted molar refractivity (Wildman–Crippen MR) is 145 cm³/mol. The van der Waals surface area contributed by atoms with Crippen LogP contribution in [0.25, 0.3) is 0 Å². The van der Waals surface area contributed by atoms with Crippen LogP contribution in [0.2, 0.25) is 0 Å². The van der Waals surface area contributed by atoms with E-state index in [4.69, 9.17) is 9.05 Å². The Morgan fingerprint density at radius 1 is 1.19 bits per heavy atom. The molecule has 9 nitrogen and oxygen atoms in total. The second kappa shape index (κ2) is 13.4. The third kappa shape index (κ3) is 8.70. The molecule has 2 N–H and O–H groups in total. The number of amides is 1. The minimum absolute atomic E-state index is 0.190. The van der Waals surface area contributed by atoms with Crippen LogP contribution in [0.4, 0.5) is 5.13 Å². The van der Waals surface area contributed by atoms with Crippen molar-refractivity contribution in [3.8, 4) is 0 Å². The number of rotatable bonds is 14. The highest BCUT2D eigenvalue weighted by molar-refractivity contribution is 7.90. The van der Waals surface area contributed by atoms with Gasteiger partial charge in [0.25, 0.3) is 0 Å². The SMILES string of the molecule is CCOP(=O)(CC(O)c1csc(NC(=O)[C@H](CCC2CCCC2)c2ccc(S(C)(=O)=O)cc2)n1)OCC. The zero-order valence-corrected chi connectivity index (χ0v) is 24.1. The van der Waals surface area contributed by atoms with E-state index >= 15 is 0 Å². The number of carbonyl (C=O) groups is 1. The molecular formula is C25H37N2O7PS2. The van der Waals surface area contributed by atoms with Crippen LogP contribution in [-0.2, 0) is 28.2 Å². The molecule has 0 saturated heterocycles. The average molecular weight is 573 g/mol. The molecule has 1 saturated carbocycles. The lowest BCUT2D eigenvalue weighted by Gasteiger charge is -2.19. The lowest BCUT2D eigenvalue weighted by molar-refractivity contribution is -0.117. The Morgan fingerprint density at radius 3 is 2.38 bits per heavy atom. The Morgan fingerprint density at radius 2 is 1.81 bits per heavy atom. The maximum Gasteiger partial charge on any atom is 0.333 e. The normalized spacial score (nSPS) is 16.5. The lowest BCUT2D eigenvalue weighted by atomic mass is 9.89. The summed E-state index contributed by atoms with van der Waals surface area (Å²) in [6.07, 6.45) is 6.07. The quantitative estimate of drug-likeness (QED) is 0.282. The van der Waals surface area contributed by atoms with Crippen molar-refractivity contribution in [3.63, 3.8) is 0 Å². The molecule has 0 spiro atoms. The van der Waals surface area contributed by atoms with Crippen molar-refractivity contribution in [1.29, 1.82) is 0 Å². The van der Waals surface area contributed by atoms with Crippen molar-refractivity contribution in [1.82, 2.24) is 4.98 Å². The van der Waals surface area contributed by atoms with Crippen molar-refractivity contribution in [2.75, 3.05) is 30.9 Å². The van der Waals surface area contributed by atoms with Gasteiger partial charge in [0.15, 0.2) is 15.0 Å². The maximum atomic E-state index is 13.4. The van der Waals surface area contributed by atoms with E-state index in [1.165, 1.54) is 49.2 Å². The van der Waals surface area contributed by atoms with Gasteiger partial charge in [-0.3, -0.25) is 9.36 Å². The van der Waals surface area contributed by atoms with Gasteiger partial charge >= 0.3 is 7.60 Å². The lowest BCUT2D eigenvalue weighted by Crippen LogP contribution is -2.22. The summed E-state index contributed by atoms with van der Waals surface area (Å²) in [5, 5.41) is 15.4. The van der Waals surface area contributed by atoms with Crippen molar-refractivity contribution in [2.24, 2.45) is 5.92 Å². The summed E-state index contributed by atoms with van der Waals surface area (Å²) in [5.41, 5.74) is 1.02. The highest BCUT2D eigenvalue weighted by Gasteiger charge is 2.30. The van der Waals surface area contributed by atoms with Gasteiger partial charge in [-0.25, -0.2) is 13.4 Å². The number of benzene rings is 1. The van der Waals surface area contributed by atoms with Gasteiger partial charge < -0.3 is 19.5 Å². The first-order valence-electron chi connectivity index (χ1n) is 12.7. The smallest absolute Gasteiger partial charge is 0.333 e. The van der Waals surface area contributed by atoms with Crippen LogP contribution in [0.1, 0.15) is 75.7 Å². The Hall–Kier alpha value is -1.62. The number of aromatic nitrogens is 1. The molecule has 37 heavy (non-hydrogen) atoms. The summed E-state index contributed by atoms with van der Waals surface area (Å²) in [7, 11) is -6.80. The number of aliphatic hydroxyl groups is 1. The molecule has 1 aromatic heterocycles. The number of hydrogen-bond acceptors (Lipinski definition) is 9. The average Bonchev–Trinajstić information content (AvgIpc) is 3.51. The molecule has 206 valence electrons. The highest BCUT2D eigenvalue weighted by Crippen LogP contribution is 2.50. The van der Waals surface area contributed by atoms with Crippen LogP contribution in [0, 0.1) is 5.92 Å². The van der Waals surface area contributed by atoms with E-state index in [2.05, 4.69) is 10.3 Å². The summed E-state index contributed by atoms with van der Waals surface area (Å²) in [5.74, 6) is -0.115. The molecule has 1 aliphatic rings. The van der Waals surface area contributed by atoms with Gasteiger partial charge in [0.1, 0.15) is 6.10 Å². The van der Waals surface area contributed by atoms with Crippen molar-refractivity contribution >= 4 is 39.8 Å². The van der Waals surface area contributed by atoms with Crippen molar-refractivity contribution < 1.29 is 31.9 Å². The first-order valence-corrected chi connectivity index (χ1v) is 17.2. The fourth-order valence-electron chi connectivity index (χ4n) is 4.63. The zero-order valence-electron chi connectivity index (χ0n) is 21.6. The molecule has 2 atom stereocenters. The number of aliphatic hydroxyl groups excluding tert-OH is 1. The molecular weight excluding hydrogens is 535 g/mol. The van der Waals surface area contributed by atoms with E-state index in [-0.39, 0.29) is 35.9 Å². The molecule has 1 heterocycles. The Kier molecular flexibility index (Phi) is 10.9. The summed E-state index contributed by atoms with van der Waals surface area (Å²) in [4.78, 5) is 17.9. The van der Waals surface area contributed by atoms with Crippen LogP contribution in [0.5, 0.6) is 0 Å². The van der Waals surface area contributed by atoms with Crippen LogP contribution in [0.3, 0.4) is 0 Å². The number of nitrogens with zero attached hydrogens (tertiary/aromatic N) is 1. The summed E-state index contributed by atoms with van der Waals surface area (Å²) in [6, 6.07) is 6.47. The standard InChI is InChI=1S/C25H37N2O7PS2/c1-4-33-35(30,34-5-2)16-23(28)22-17-36-25(26-22)27-24(29)21(15-10-18-8-6-7-9-18)19-11-13-20(14-12-19)37(3,31)32/h11-14,17-18,21,23,28H,4-10,15-16H2,1-3H3,(H,26,27,29)/t21-,23?/m1/s1. The number of sulfone groups is 1. The van der Waals surface area contributed by atoms with Crippen LogP contribution in [-0.4, -0.2) is 50.0 Å². The van der Waals surface area contributed by atoms with Gasteiger partial charge in [0.2, 0.25) is 5.91 Å². The molecule has 3 rings (SSSR count). The second-order valence-corrected chi connectivity index (χ2v) is 14.3. The Bertz CT molecular complexity index is 1170. The van der Waals surface area contributed by atoms with Crippen molar-refractivity contribution in [3.05, 3.63) is 40.9 Å². The van der Waals surface area contributed by atoms with Gasteiger partial charge in [-0.05, 0) is 50.3 Å². The van der Waals surface area contributed by atoms with Gasteiger partial charge in [-0.1, -0.05) is 37.8 Å². The monoisotopic (exact) mass is 572 g/mol. The molecule has 1 aliphatic carbocycles.